The third-order valence-electron chi connectivity index (χ3n) is 3.42. The molecule has 0 heterocycles. The van der Waals surface area contributed by atoms with Gasteiger partial charge in [0.05, 0.1) is 5.56 Å². The van der Waals surface area contributed by atoms with Gasteiger partial charge in [-0.25, -0.2) is 0 Å². The van der Waals surface area contributed by atoms with Crippen molar-refractivity contribution in [2.24, 2.45) is 0 Å². The molecule has 0 fully saturated rings. The van der Waals surface area contributed by atoms with Crippen molar-refractivity contribution in [1.29, 1.82) is 0 Å². The Balaban J connectivity index is 2.06. The largest absolute Gasteiger partial charge is 0.398 e. The quantitative estimate of drug-likeness (QED) is 0.848. The molecule has 110 valence electrons. The van der Waals surface area contributed by atoms with Gasteiger partial charge in [-0.3, -0.25) is 4.79 Å². The van der Waals surface area contributed by atoms with Crippen molar-refractivity contribution in [2.75, 3.05) is 5.73 Å². The fourth-order valence-electron chi connectivity index (χ4n) is 2.25. The van der Waals surface area contributed by atoms with Crippen LogP contribution in [0, 0.1) is 6.92 Å². The van der Waals surface area contributed by atoms with E-state index in [-0.39, 0.29) is 11.9 Å². The van der Waals surface area contributed by atoms with Crippen LogP contribution in [0.2, 0.25) is 5.02 Å². The molecule has 0 aliphatic heterocycles. The van der Waals surface area contributed by atoms with E-state index in [1.54, 1.807) is 18.2 Å². The second-order valence-corrected chi connectivity index (χ2v) is 5.67. The predicted octanol–water partition coefficient (Wildman–Crippen LogP) is 3.59. The van der Waals surface area contributed by atoms with Crippen LogP contribution >= 0.6 is 11.6 Å². The zero-order valence-electron chi connectivity index (χ0n) is 12.2. The van der Waals surface area contributed by atoms with E-state index in [0.717, 1.165) is 6.42 Å². The van der Waals surface area contributed by atoms with Crippen LogP contribution in [0.4, 0.5) is 5.69 Å². The van der Waals surface area contributed by atoms with Crippen LogP contribution in [0.1, 0.15) is 28.4 Å². The lowest BCUT2D eigenvalue weighted by atomic mass is 10.0. The van der Waals surface area contributed by atoms with E-state index in [1.165, 1.54) is 11.1 Å². The average Bonchev–Trinajstić information content (AvgIpc) is 2.44. The number of halogens is 1. The van der Waals surface area contributed by atoms with Crippen LogP contribution in [0.25, 0.3) is 0 Å². The summed E-state index contributed by atoms with van der Waals surface area (Å²) in [7, 11) is 0. The van der Waals surface area contributed by atoms with E-state index < -0.39 is 0 Å². The fourth-order valence-corrected chi connectivity index (χ4v) is 2.42. The molecule has 0 radical (unpaired) electrons. The van der Waals surface area contributed by atoms with Crippen molar-refractivity contribution < 1.29 is 4.79 Å². The molecule has 0 aliphatic carbocycles. The highest BCUT2D eigenvalue weighted by atomic mass is 35.5. The third kappa shape index (κ3) is 3.99. The van der Waals surface area contributed by atoms with E-state index in [2.05, 4.69) is 24.4 Å². The first-order chi connectivity index (χ1) is 9.97. The second kappa shape index (κ2) is 6.64. The Morgan fingerprint density at radius 3 is 2.71 bits per heavy atom. The lowest BCUT2D eigenvalue weighted by Gasteiger charge is -2.16. The van der Waals surface area contributed by atoms with Gasteiger partial charge in [-0.1, -0.05) is 35.9 Å². The Hall–Kier alpha value is -2.00. The Bertz CT molecular complexity index is 655. The molecule has 3 nitrogen and oxygen atoms in total. The highest BCUT2D eigenvalue weighted by Gasteiger charge is 2.14. The lowest BCUT2D eigenvalue weighted by molar-refractivity contribution is 0.0941. The molecule has 0 saturated carbocycles. The number of carbonyl (C=O) groups excluding carboxylic acids is 1. The van der Waals surface area contributed by atoms with Crippen LogP contribution in [-0.2, 0) is 6.42 Å². The monoisotopic (exact) mass is 302 g/mol. The number of nitrogens with two attached hydrogens (primary N) is 1. The van der Waals surface area contributed by atoms with E-state index in [4.69, 9.17) is 17.3 Å². The number of aryl methyl sites for hydroxylation is 1. The topological polar surface area (TPSA) is 55.1 Å². The first-order valence-electron chi connectivity index (χ1n) is 6.87. The van der Waals surface area contributed by atoms with E-state index in [0.29, 0.717) is 16.3 Å². The number of nitrogens with one attached hydrogen (secondary N) is 1. The van der Waals surface area contributed by atoms with Gasteiger partial charge in [-0.15, -0.1) is 0 Å². The number of hydrogen-bond donors (Lipinski definition) is 2. The standard InChI is InChI=1S/C17H19ClN2O/c1-11-5-3-4-6-13(11)9-12(2)20-17(21)15-10-14(18)7-8-16(15)19/h3-8,10,12H,9,19H2,1-2H3,(H,20,21). The Kier molecular flexibility index (Phi) is 4.86. The first-order valence-corrected chi connectivity index (χ1v) is 7.25. The van der Waals surface area contributed by atoms with Crippen LogP contribution in [-0.4, -0.2) is 11.9 Å². The molecular formula is C17H19ClN2O. The number of hydrogen-bond acceptors (Lipinski definition) is 2. The molecular weight excluding hydrogens is 284 g/mol. The number of carbonyl (C=O) groups is 1. The van der Waals surface area contributed by atoms with Gasteiger partial charge in [0.1, 0.15) is 0 Å². The van der Waals surface area contributed by atoms with E-state index in [9.17, 15) is 4.79 Å². The molecule has 1 unspecified atom stereocenters. The summed E-state index contributed by atoms with van der Waals surface area (Å²) in [4.78, 5) is 12.3. The molecule has 21 heavy (non-hydrogen) atoms. The summed E-state index contributed by atoms with van der Waals surface area (Å²) < 4.78 is 0. The Morgan fingerprint density at radius 2 is 2.00 bits per heavy atom. The molecule has 0 saturated heterocycles. The smallest absolute Gasteiger partial charge is 0.253 e. The molecule has 3 N–H and O–H groups in total. The van der Waals surface area contributed by atoms with Gasteiger partial charge in [-0.2, -0.15) is 0 Å². The second-order valence-electron chi connectivity index (χ2n) is 5.24. The van der Waals surface area contributed by atoms with Gasteiger partial charge in [0, 0.05) is 16.8 Å². The summed E-state index contributed by atoms with van der Waals surface area (Å²) in [5.74, 6) is -0.198. The molecule has 0 aliphatic rings. The van der Waals surface area contributed by atoms with Crippen molar-refractivity contribution in [3.8, 4) is 0 Å². The van der Waals surface area contributed by atoms with Crippen LogP contribution < -0.4 is 11.1 Å². The van der Waals surface area contributed by atoms with Gasteiger partial charge in [0.25, 0.3) is 5.91 Å². The van der Waals surface area contributed by atoms with Gasteiger partial charge < -0.3 is 11.1 Å². The average molecular weight is 303 g/mol. The first kappa shape index (κ1) is 15.4. The predicted molar refractivity (Wildman–Crippen MR) is 87.7 cm³/mol. The number of anilines is 1. The highest BCUT2D eigenvalue weighted by molar-refractivity contribution is 6.31. The van der Waals surface area contributed by atoms with Crippen molar-refractivity contribution in [1.82, 2.24) is 5.32 Å². The molecule has 2 rings (SSSR count). The normalized spacial score (nSPS) is 12.0. The van der Waals surface area contributed by atoms with Crippen molar-refractivity contribution >= 4 is 23.2 Å². The zero-order valence-corrected chi connectivity index (χ0v) is 12.9. The summed E-state index contributed by atoms with van der Waals surface area (Å²) in [5.41, 5.74) is 9.12. The summed E-state index contributed by atoms with van der Waals surface area (Å²) in [6.45, 7) is 4.05. The Labute approximate surface area is 130 Å². The molecule has 4 heteroatoms. The van der Waals surface area contributed by atoms with Crippen molar-refractivity contribution in [3.05, 3.63) is 64.2 Å². The van der Waals surface area contributed by atoms with Crippen molar-refractivity contribution in [3.63, 3.8) is 0 Å². The van der Waals surface area contributed by atoms with Gasteiger partial charge in [-0.05, 0) is 49.6 Å². The number of amides is 1. The highest BCUT2D eigenvalue weighted by Crippen LogP contribution is 2.18. The van der Waals surface area contributed by atoms with Crippen LogP contribution in [0.15, 0.2) is 42.5 Å². The fraction of sp³-hybridized carbons (Fsp3) is 0.235. The van der Waals surface area contributed by atoms with Crippen LogP contribution in [0.3, 0.4) is 0 Å². The van der Waals surface area contributed by atoms with Gasteiger partial charge in [0.2, 0.25) is 0 Å². The molecule has 1 atom stereocenters. The summed E-state index contributed by atoms with van der Waals surface area (Å²) in [6, 6.07) is 13.1. The molecule has 2 aromatic carbocycles. The number of benzene rings is 2. The maximum atomic E-state index is 12.3. The molecule has 0 spiro atoms. The SMILES string of the molecule is Cc1ccccc1CC(C)NC(=O)c1cc(Cl)ccc1N. The van der Waals surface area contributed by atoms with E-state index >= 15 is 0 Å². The minimum absolute atomic E-state index is 0.0111. The minimum atomic E-state index is -0.198. The van der Waals surface area contributed by atoms with Crippen LogP contribution in [0.5, 0.6) is 0 Å². The lowest BCUT2D eigenvalue weighted by Crippen LogP contribution is -2.34. The molecule has 2 aromatic rings. The number of nitrogen functional groups attached to an aromatic ring is 1. The Morgan fingerprint density at radius 1 is 1.29 bits per heavy atom. The molecule has 0 aromatic heterocycles. The number of rotatable bonds is 4. The maximum Gasteiger partial charge on any atom is 0.253 e. The molecule has 1 amide bonds. The van der Waals surface area contributed by atoms with E-state index in [1.807, 2.05) is 19.1 Å². The third-order valence-corrected chi connectivity index (χ3v) is 3.66. The van der Waals surface area contributed by atoms with Crippen molar-refractivity contribution in [2.45, 2.75) is 26.3 Å². The van der Waals surface area contributed by atoms with Gasteiger partial charge in [0.15, 0.2) is 0 Å². The summed E-state index contributed by atoms with van der Waals surface area (Å²) in [6.07, 6.45) is 0.777. The minimum Gasteiger partial charge on any atom is -0.398 e. The summed E-state index contributed by atoms with van der Waals surface area (Å²) in [5, 5.41) is 3.46. The molecule has 0 bridgehead atoms. The maximum absolute atomic E-state index is 12.3. The summed E-state index contributed by atoms with van der Waals surface area (Å²) >= 11 is 5.91. The zero-order chi connectivity index (χ0) is 15.4. The van der Waals surface area contributed by atoms with Gasteiger partial charge >= 0.3 is 0 Å².